The van der Waals surface area contributed by atoms with Crippen molar-refractivity contribution in [2.45, 2.75) is 38.8 Å². The number of hydrogen-bond donors (Lipinski definition) is 2. The average Bonchev–Trinajstić information content (AvgIpc) is 2.29. The third-order valence-electron chi connectivity index (χ3n) is 2.80. The third kappa shape index (κ3) is 6.02. The molecule has 0 aromatic heterocycles. The highest BCUT2D eigenvalue weighted by atomic mass is 19.1. The first-order valence-corrected chi connectivity index (χ1v) is 6.66. The second kappa shape index (κ2) is 6.70. The number of aliphatic hydroxyl groups is 1. The van der Waals surface area contributed by atoms with E-state index in [9.17, 15) is 14.3 Å². The summed E-state index contributed by atoms with van der Waals surface area (Å²) in [5.41, 5.74) is 0.0380. The van der Waals surface area contributed by atoms with Crippen LogP contribution in [0.2, 0.25) is 0 Å². The molecule has 0 aliphatic carbocycles. The fourth-order valence-corrected chi connectivity index (χ4v) is 2.00. The smallest absolute Gasteiger partial charge is 0.317 e. The molecular weight excluding hydrogens is 259 g/mol. The Morgan fingerprint density at radius 1 is 1.40 bits per heavy atom. The van der Waals surface area contributed by atoms with Gasteiger partial charge in [-0.1, -0.05) is 12.1 Å². The van der Waals surface area contributed by atoms with Gasteiger partial charge in [0.2, 0.25) is 0 Å². The van der Waals surface area contributed by atoms with Gasteiger partial charge in [-0.3, -0.25) is 0 Å². The first-order valence-electron chi connectivity index (χ1n) is 6.66. The molecule has 0 spiro atoms. The Labute approximate surface area is 119 Å². The van der Waals surface area contributed by atoms with Crippen LogP contribution in [0.1, 0.15) is 26.3 Å². The number of carbonyl (C=O) groups excluding carboxylic acids is 1. The molecular formula is C15H23FN2O2. The van der Waals surface area contributed by atoms with Gasteiger partial charge >= 0.3 is 6.03 Å². The van der Waals surface area contributed by atoms with Gasteiger partial charge in [0.15, 0.2) is 0 Å². The van der Waals surface area contributed by atoms with Crippen molar-refractivity contribution >= 4 is 6.03 Å². The van der Waals surface area contributed by atoms with E-state index >= 15 is 0 Å². The molecule has 1 atom stereocenters. The first kappa shape index (κ1) is 16.4. The number of hydrogen-bond acceptors (Lipinski definition) is 2. The number of urea groups is 1. The molecule has 0 aliphatic rings. The quantitative estimate of drug-likeness (QED) is 0.869. The van der Waals surface area contributed by atoms with Gasteiger partial charge in [0.1, 0.15) is 5.82 Å². The largest absolute Gasteiger partial charge is 0.389 e. The van der Waals surface area contributed by atoms with Crippen LogP contribution in [0.15, 0.2) is 24.3 Å². The lowest BCUT2D eigenvalue weighted by molar-refractivity contribution is 0.0528. The highest BCUT2D eigenvalue weighted by molar-refractivity contribution is 5.74. The Bertz CT molecular complexity index is 440. The molecule has 0 saturated heterocycles. The van der Waals surface area contributed by atoms with Crippen LogP contribution in [-0.2, 0) is 6.42 Å². The summed E-state index contributed by atoms with van der Waals surface area (Å²) in [6.45, 7) is 5.44. The molecule has 0 fully saturated rings. The molecule has 1 aromatic rings. The van der Waals surface area contributed by atoms with Crippen LogP contribution in [0, 0.1) is 5.82 Å². The van der Waals surface area contributed by atoms with E-state index in [1.54, 1.807) is 33.0 Å². The van der Waals surface area contributed by atoms with Crippen molar-refractivity contribution in [1.82, 2.24) is 10.2 Å². The minimum atomic E-state index is -0.924. The van der Waals surface area contributed by atoms with Crippen molar-refractivity contribution < 1.29 is 14.3 Å². The number of nitrogens with one attached hydrogen (secondary N) is 1. The molecule has 2 N–H and O–H groups in total. The SMILES string of the molecule is C[C@@H](Cc1ccc(F)cc1)NC(=O)N(C)CC(C)(C)O. The van der Waals surface area contributed by atoms with Crippen LogP contribution in [0.5, 0.6) is 0 Å². The molecule has 1 aromatic carbocycles. The second-order valence-corrected chi connectivity index (χ2v) is 5.85. The zero-order valence-corrected chi connectivity index (χ0v) is 12.5. The molecule has 0 unspecified atom stereocenters. The average molecular weight is 282 g/mol. The molecule has 1 rings (SSSR count). The van der Waals surface area contributed by atoms with Crippen molar-refractivity contribution in [2.75, 3.05) is 13.6 Å². The van der Waals surface area contributed by atoms with Crippen LogP contribution in [0.3, 0.4) is 0 Å². The highest BCUT2D eigenvalue weighted by Crippen LogP contribution is 2.07. The van der Waals surface area contributed by atoms with Gasteiger partial charge in [0.05, 0.1) is 12.1 Å². The van der Waals surface area contributed by atoms with Crippen LogP contribution in [0.4, 0.5) is 9.18 Å². The molecule has 0 radical (unpaired) electrons. The highest BCUT2D eigenvalue weighted by Gasteiger charge is 2.20. The van der Waals surface area contributed by atoms with Gasteiger partial charge in [0.25, 0.3) is 0 Å². The number of rotatable bonds is 5. The monoisotopic (exact) mass is 282 g/mol. The van der Waals surface area contributed by atoms with Gasteiger partial charge in [0, 0.05) is 13.1 Å². The minimum Gasteiger partial charge on any atom is -0.389 e. The van der Waals surface area contributed by atoms with E-state index in [2.05, 4.69) is 5.32 Å². The van der Waals surface area contributed by atoms with Gasteiger partial charge in [-0.2, -0.15) is 0 Å². The Morgan fingerprint density at radius 2 is 1.95 bits per heavy atom. The van der Waals surface area contributed by atoms with E-state index in [0.29, 0.717) is 6.42 Å². The zero-order valence-electron chi connectivity index (χ0n) is 12.5. The Hall–Kier alpha value is -1.62. The number of amides is 2. The van der Waals surface area contributed by atoms with Crippen molar-refractivity contribution in [1.29, 1.82) is 0 Å². The van der Waals surface area contributed by atoms with E-state index in [0.717, 1.165) is 5.56 Å². The Kier molecular flexibility index (Phi) is 5.51. The number of carbonyl (C=O) groups is 1. The lowest BCUT2D eigenvalue weighted by atomic mass is 10.1. The number of halogens is 1. The molecule has 0 bridgehead atoms. The van der Waals surface area contributed by atoms with E-state index in [1.165, 1.54) is 17.0 Å². The summed E-state index contributed by atoms with van der Waals surface area (Å²) < 4.78 is 12.8. The normalized spacial score (nSPS) is 12.9. The predicted octanol–water partition coefficient (Wildman–Crippen LogP) is 2.17. The van der Waals surface area contributed by atoms with Gasteiger partial charge in [-0.15, -0.1) is 0 Å². The van der Waals surface area contributed by atoms with Crippen molar-refractivity contribution in [2.24, 2.45) is 0 Å². The van der Waals surface area contributed by atoms with Gasteiger partial charge < -0.3 is 15.3 Å². The van der Waals surface area contributed by atoms with Crippen molar-refractivity contribution in [3.8, 4) is 0 Å². The van der Waals surface area contributed by atoms with Crippen molar-refractivity contribution in [3.05, 3.63) is 35.6 Å². The number of nitrogens with zero attached hydrogens (tertiary/aromatic N) is 1. The summed E-state index contributed by atoms with van der Waals surface area (Å²) in [4.78, 5) is 13.4. The molecule has 2 amide bonds. The summed E-state index contributed by atoms with van der Waals surface area (Å²) in [6.07, 6.45) is 0.627. The Morgan fingerprint density at radius 3 is 2.45 bits per heavy atom. The molecule has 0 aliphatic heterocycles. The molecule has 5 heteroatoms. The summed E-state index contributed by atoms with van der Waals surface area (Å²) >= 11 is 0. The molecule has 0 heterocycles. The summed E-state index contributed by atoms with van der Waals surface area (Å²) in [5, 5.41) is 12.5. The summed E-state index contributed by atoms with van der Waals surface area (Å²) in [7, 11) is 1.64. The number of benzene rings is 1. The first-order chi connectivity index (χ1) is 9.17. The van der Waals surface area contributed by atoms with Gasteiger partial charge in [-0.05, 0) is 44.9 Å². The van der Waals surface area contributed by atoms with E-state index in [-0.39, 0.29) is 24.4 Å². The maximum absolute atomic E-state index is 12.8. The molecule has 20 heavy (non-hydrogen) atoms. The van der Waals surface area contributed by atoms with E-state index < -0.39 is 5.60 Å². The lowest BCUT2D eigenvalue weighted by Crippen LogP contribution is -2.47. The third-order valence-corrected chi connectivity index (χ3v) is 2.80. The molecule has 112 valence electrons. The van der Waals surface area contributed by atoms with Gasteiger partial charge in [-0.25, -0.2) is 9.18 Å². The Balaban J connectivity index is 2.47. The summed E-state index contributed by atoms with van der Waals surface area (Å²) in [5.74, 6) is -0.268. The van der Waals surface area contributed by atoms with Crippen LogP contribution < -0.4 is 5.32 Å². The van der Waals surface area contributed by atoms with Crippen LogP contribution in [-0.4, -0.2) is 41.3 Å². The fourth-order valence-electron chi connectivity index (χ4n) is 2.00. The van der Waals surface area contributed by atoms with Crippen LogP contribution >= 0.6 is 0 Å². The zero-order chi connectivity index (χ0) is 15.3. The topological polar surface area (TPSA) is 52.6 Å². The minimum absolute atomic E-state index is 0.0720. The maximum atomic E-state index is 12.8. The van der Waals surface area contributed by atoms with E-state index in [4.69, 9.17) is 0 Å². The lowest BCUT2D eigenvalue weighted by Gasteiger charge is -2.27. The van der Waals surface area contributed by atoms with Crippen molar-refractivity contribution in [3.63, 3.8) is 0 Å². The second-order valence-electron chi connectivity index (χ2n) is 5.85. The molecule has 4 nitrogen and oxygen atoms in total. The van der Waals surface area contributed by atoms with Crippen LogP contribution in [0.25, 0.3) is 0 Å². The summed E-state index contributed by atoms with van der Waals surface area (Å²) in [6, 6.07) is 5.92. The molecule has 0 saturated carbocycles. The number of likely N-dealkylation sites (N-methyl/N-ethyl adjacent to an activating group) is 1. The maximum Gasteiger partial charge on any atom is 0.317 e. The fraction of sp³-hybridized carbons (Fsp3) is 0.533. The standard InChI is InChI=1S/C15H23FN2O2/c1-11(9-12-5-7-13(16)8-6-12)17-14(19)18(4)10-15(2,3)20/h5-8,11,20H,9-10H2,1-4H3,(H,17,19)/t11-/m0/s1. The predicted molar refractivity (Wildman–Crippen MR) is 77.0 cm³/mol. The van der Waals surface area contributed by atoms with E-state index in [1.807, 2.05) is 6.92 Å².